The van der Waals surface area contributed by atoms with Gasteiger partial charge in [0.1, 0.15) is 0 Å². The van der Waals surface area contributed by atoms with Gasteiger partial charge in [-0.1, -0.05) is 31.1 Å². The first-order chi connectivity index (χ1) is 8.63. The summed E-state index contributed by atoms with van der Waals surface area (Å²) < 4.78 is 4.97. The smallest absolute Gasteiger partial charge is 0.330 e. The Kier molecular flexibility index (Phi) is 6.07. The molecule has 98 valence electrons. The van der Waals surface area contributed by atoms with Gasteiger partial charge in [0.15, 0.2) is 0 Å². The second kappa shape index (κ2) is 7.60. The summed E-state index contributed by atoms with van der Waals surface area (Å²) in [6.45, 7) is 2.49. The van der Waals surface area contributed by atoms with Crippen LogP contribution in [0.2, 0.25) is 0 Å². The summed E-state index contributed by atoms with van der Waals surface area (Å²) in [6, 6.07) is 3.01. The molecule has 1 rings (SSSR count). The van der Waals surface area contributed by atoms with Crippen LogP contribution in [0.1, 0.15) is 31.1 Å². The lowest BCUT2D eigenvalue weighted by Crippen LogP contribution is -2.01. The summed E-state index contributed by atoms with van der Waals surface area (Å²) in [5.74, 6) is -0.415. The van der Waals surface area contributed by atoms with E-state index in [0.29, 0.717) is 11.5 Å². The lowest BCUT2D eigenvalue weighted by molar-refractivity contribution is -0.380. The van der Waals surface area contributed by atoms with Crippen LogP contribution in [0.25, 0.3) is 6.08 Å². The molecule has 0 fully saturated rings. The molecule has 18 heavy (non-hydrogen) atoms. The van der Waals surface area contributed by atoms with Crippen LogP contribution in [-0.4, -0.2) is 17.5 Å². The van der Waals surface area contributed by atoms with Gasteiger partial charge in [0, 0.05) is 17.0 Å². The standard InChI is InChI=1S/C12H15NO4S/c1-2-3-4-9-17-12(14)8-6-10-5-7-11(18-10)13(15)16/h5-8H,2-4,9H2,1H3/b8-6+. The maximum absolute atomic E-state index is 11.3. The average molecular weight is 269 g/mol. The highest BCUT2D eigenvalue weighted by atomic mass is 32.1. The molecule has 1 aromatic heterocycles. The van der Waals surface area contributed by atoms with Crippen molar-refractivity contribution in [1.82, 2.24) is 0 Å². The number of thiophene rings is 1. The molecular weight excluding hydrogens is 254 g/mol. The fourth-order valence-electron chi connectivity index (χ4n) is 1.25. The number of carbonyl (C=O) groups excluding carboxylic acids is 1. The summed E-state index contributed by atoms with van der Waals surface area (Å²) in [6.07, 6.45) is 5.79. The number of nitro groups is 1. The van der Waals surface area contributed by atoms with Gasteiger partial charge >= 0.3 is 11.0 Å². The van der Waals surface area contributed by atoms with E-state index in [0.717, 1.165) is 30.6 Å². The molecule has 0 aliphatic rings. The summed E-state index contributed by atoms with van der Waals surface area (Å²) in [4.78, 5) is 21.9. The van der Waals surface area contributed by atoms with Crippen LogP contribution in [0.15, 0.2) is 18.2 Å². The SMILES string of the molecule is CCCCCOC(=O)/C=C/c1ccc([N+](=O)[O-])s1. The Hall–Kier alpha value is -1.69. The number of nitrogens with zero attached hydrogens (tertiary/aromatic N) is 1. The fourth-order valence-corrected chi connectivity index (χ4v) is 1.98. The molecule has 0 N–H and O–H groups in total. The first-order valence-corrected chi connectivity index (χ1v) is 6.54. The van der Waals surface area contributed by atoms with E-state index in [-0.39, 0.29) is 5.00 Å². The Bertz CT molecular complexity index is 439. The van der Waals surface area contributed by atoms with Gasteiger partial charge in [0.05, 0.1) is 11.5 Å². The normalized spacial score (nSPS) is 10.7. The van der Waals surface area contributed by atoms with E-state index in [2.05, 4.69) is 6.92 Å². The number of rotatable bonds is 7. The van der Waals surface area contributed by atoms with E-state index in [9.17, 15) is 14.9 Å². The number of hydrogen-bond donors (Lipinski definition) is 0. The van der Waals surface area contributed by atoms with Crippen molar-refractivity contribution < 1.29 is 14.5 Å². The monoisotopic (exact) mass is 269 g/mol. The molecule has 0 aliphatic heterocycles. The van der Waals surface area contributed by atoms with Crippen LogP contribution in [-0.2, 0) is 9.53 Å². The highest BCUT2D eigenvalue weighted by Gasteiger charge is 2.07. The third-order valence-electron chi connectivity index (χ3n) is 2.17. The molecular formula is C12H15NO4S. The molecule has 0 unspecified atom stereocenters. The molecule has 0 amide bonds. The van der Waals surface area contributed by atoms with Gasteiger partial charge in [-0.15, -0.1) is 0 Å². The predicted molar refractivity (Wildman–Crippen MR) is 70.5 cm³/mol. The number of esters is 1. The Morgan fingerprint density at radius 1 is 1.50 bits per heavy atom. The molecule has 0 atom stereocenters. The van der Waals surface area contributed by atoms with Crippen LogP contribution in [0.5, 0.6) is 0 Å². The third kappa shape index (κ3) is 5.09. The highest BCUT2D eigenvalue weighted by molar-refractivity contribution is 7.16. The van der Waals surface area contributed by atoms with Gasteiger partial charge < -0.3 is 4.74 Å². The molecule has 0 aliphatic carbocycles. The van der Waals surface area contributed by atoms with Crippen molar-refractivity contribution in [1.29, 1.82) is 0 Å². The highest BCUT2D eigenvalue weighted by Crippen LogP contribution is 2.24. The van der Waals surface area contributed by atoms with E-state index in [1.165, 1.54) is 18.2 Å². The first-order valence-electron chi connectivity index (χ1n) is 5.72. The van der Waals surface area contributed by atoms with Crippen molar-refractivity contribution in [3.63, 3.8) is 0 Å². The van der Waals surface area contributed by atoms with Gasteiger partial charge in [-0.3, -0.25) is 10.1 Å². The van der Waals surface area contributed by atoms with E-state index in [1.807, 2.05) is 0 Å². The number of hydrogen-bond acceptors (Lipinski definition) is 5. The minimum atomic E-state index is -0.453. The maximum Gasteiger partial charge on any atom is 0.330 e. The Morgan fingerprint density at radius 3 is 2.89 bits per heavy atom. The summed E-state index contributed by atoms with van der Waals surface area (Å²) in [5, 5.41) is 10.5. The van der Waals surface area contributed by atoms with Crippen LogP contribution >= 0.6 is 11.3 Å². The number of unbranched alkanes of at least 4 members (excludes halogenated alkanes) is 2. The quantitative estimate of drug-likeness (QED) is 0.250. The zero-order chi connectivity index (χ0) is 13.4. The third-order valence-corrected chi connectivity index (χ3v) is 3.17. The Labute approximate surface area is 109 Å². The molecule has 0 radical (unpaired) electrons. The summed E-state index contributed by atoms with van der Waals surface area (Å²) >= 11 is 1.02. The van der Waals surface area contributed by atoms with Gasteiger partial charge in [0.2, 0.25) is 0 Å². The van der Waals surface area contributed by atoms with E-state index in [1.54, 1.807) is 6.07 Å². The van der Waals surface area contributed by atoms with Crippen molar-refractivity contribution in [2.75, 3.05) is 6.61 Å². The molecule has 0 saturated carbocycles. The van der Waals surface area contributed by atoms with Crippen LogP contribution in [0.4, 0.5) is 5.00 Å². The Balaban J connectivity index is 2.38. The molecule has 0 bridgehead atoms. The zero-order valence-corrected chi connectivity index (χ0v) is 10.9. The Morgan fingerprint density at radius 2 is 2.28 bits per heavy atom. The lowest BCUT2D eigenvalue weighted by Gasteiger charge is -1.99. The molecule has 1 heterocycles. The van der Waals surface area contributed by atoms with Crippen LogP contribution < -0.4 is 0 Å². The van der Waals surface area contributed by atoms with Crippen molar-refractivity contribution >= 4 is 28.4 Å². The second-order valence-corrected chi connectivity index (χ2v) is 4.73. The average Bonchev–Trinajstić information content (AvgIpc) is 2.81. The largest absolute Gasteiger partial charge is 0.463 e. The molecule has 6 heteroatoms. The van der Waals surface area contributed by atoms with Gasteiger partial charge in [-0.2, -0.15) is 0 Å². The van der Waals surface area contributed by atoms with E-state index in [4.69, 9.17) is 4.74 Å². The maximum atomic E-state index is 11.3. The number of ether oxygens (including phenoxy) is 1. The second-order valence-electron chi connectivity index (χ2n) is 3.64. The molecule has 1 aromatic rings. The van der Waals surface area contributed by atoms with Crippen LogP contribution in [0.3, 0.4) is 0 Å². The van der Waals surface area contributed by atoms with E-state index < -0.39 is 10.9 Å². The predicted octanol–water partition coefficient (Wildman–Crippen LogP) is 3.40. The fraction of sp³-hybridized carbons (Fsp3) is 0.417. The topological polar surface area (TPSA) is 69.4 Å². The lowest BCUT2D eigenvalue weighted by atomic mass is 10.3. The molecule has 0 saturated heterocycles. The van der Waals surface area contributed by atoms with Crippen LogP contribution in [0, 0.1) is 10.1 Å². The van der Waals surface area contributed by atoms with Crippen molar-refractivity contribution in [2.45, 2.75) is 26.2 Å². The van der Waals surface area contributed by atoms with Crippen molar-refractivity contribution in [3.05, 3.63) is 33.2 Å². The van der Waals surface area contributed by atoms with Gasteiger partial charge in [-0.05, 0) is 18.6 Å². The number of carbonyl (C=O) groups is 1. The van der Waals surface area contributed by atoms with Gasteiger partial charge in [0.25, 0.3) is 0 Å². The molecule has 5 nitrogen and oxygen atoms in total. The van der Waals surface area contributed by atoms with Crippen molar-refractivity contribution in [2.24, 2.45) is 0 Å². The minimum absolute atomic E-state index is 0.0611. The molecule has 0 aromatic carbocycles. The van der Waals surface area contributed by atoms with Gasteiger partial charge in [-0.25, -0.2) is 4.79 Å². The minimum Gasteiger partial charge on any atom is -0.463 e. The first kappa shape index (κ1) is 14.4. The summed E-state index contributed by atoms with van der Waals surface area (Å²) in [7, 11) is 0. The molecule has 0 spiro atoms. The van der Waals surface area contributed by atoms with E-state index >= 15 is 0 Å². The van der Waals surface area contributed by atoms with Crippen molar-refractivity contribution in [3.8, 4) is 0 Å². The zero-order valence-electron chi connectivity index (χ0n) is 10.1. The summed E-state index contributed by atoms with van der Waals surface area (Å²) in [5.41, 5.74) is 0.